The van der Waals surface area contributed by atoms with Crippen molar-refractivity contribution in [2.75, 3.05) is 0 Å². The van der Waals surface area contributed by atoms with Crippen LogP contribution >= 0.6 is 0 Å². The molecule has 96 valence electrons. The summed E-state index contributed by atoms with van der Waals surface area (Å²) >= 11 is 0. The van der Waals surface area contributed by atoms with E-state index < -0.39 is 0 Å². The first-order chi connectivity index (χ1) is 7.61. The largest absolute Gasteiger partial charge is 0.393 e. The van der Waals surface area contributed by atoms with Crippen LogP contribution in [-0.4, -0.2) is 22.4 Å². The van der Waals surface area contributed by atoms with Crippen molar-refractivity contribution in [3.05, 3.63) is 0 Å². The van der Waals surface area contributed by atoms with E-state index in [2.05, 4.69) is 13.8 Å². The third-order valence-corrected chi connectivity index (χ3v) is 4.13. The summed E-state index contributed by atoms with van der Waals surface area (Å²) in [7, 11) is 0. The Hall–Kier alpha value is -0.0800. The van der Waals surface area contributed by atoms with Gasteiger partial charge in [0.05, 0.1) is 12.2 Å². The molecule has 2 heteroatoms. The molecule has 0 aromatic heterocycles. The highest BCUT2D eigenvalue weighted by molar-refractivity contribution is 4.70. The van der Waals surface area contributed by atoms with E-state index in [1.54, 1.807) is 0 Å². The molecule has 2 N–H and O–H groups in total. The molecule has 2 aliphatic rings. The fourth-order valence-corrected chi connectivity index (χ4v) is 2.59. The molecule has 2 fully saturated rings. The van der Waals surface area contributed by atoms with Crippen LogP contribution in [0.2, 0.25) is 0 Å². The lowest BCUT2D eigenvalue weighted by atomic mass is 9.88. The Kier molecular flexibility index (Phi) is 6.37. The zero-order valence-corrected chi connectivity index (χ0v) is 10.9. The van der Waals surface area contributed by atoms with Gasteiger partial charge in [0, 0.05) is 0 Å². The van der Waals surface area contributed by atoms with Gasteiger partial charge in [0.2, 0.25) is 0 Å². The summed E-state index contributed by atoms with van der Waals surface area (Å²) in [6.45, 7) is 4.26. The SMILES string of the molecule is C[C@@H]1CCCC[C@H]1O.C[C@H]1CCCC[C@@H]1O. The average Bonchev–Trinajstić information content (AvgIpc) is 2.28. The molecule has 0 radical (unpaired) electrons. The van der Waals surface area contributed by atoms with Crippen LogP contribution in [-0.2, 0) is 0 Å². The molecular weight excluding hydrogens is 200 g/mol. The molecule has 2 aliphatic carbocycles. The summed E-state index contributed by atoms with van der Waals surface area (Å²) in [5.41, 5.74) is 0. The van der Waals surface area contributed by atoms with Crippen LogP contribution in [0.4, 0.5) is 0 Å². The van der Waals surface area contributed by atoms with Gasteiger partial charge in [-0.3, -0.25) is 0 Å². The van der Waals surface area contributed by atoms with Crippen molar-refractivity contribution >= 4 is 0 Å². The molecule has 0 bridgehead atoms. The Bertz CT molecular complexity index is 142. The Morgan fingerprint density at radius 1 is 0.625 bits per heavy atom. The maximum atomic E-state index is 9.18. The molecule has 0 unspecified atom stereocenters. The van der Waals surface area contributed by atoms with Crippen LogP contribution < -0.4 is 0 Å². The first kappa shape index (κ1) is 14.0. The molecule has 0 aromatic rings. The van der Waals surface area contributed by atoms with Crippen LogP contribution in [0.25, 0.3) is 0 Å². The smallest absolute Gasteiger partial charge is 0.0565 e. The molecule has 2 rings (SSSR count). The van der Waals surface area contributed by atoms with Gasteiger partial charge in [-0.1, -0.05) is 39.5 Å². The molecule has 0 aromatic carbocycles. The molecule has 0 heterocycles. The summed E-state index contributed by atoms with van der Waals surface area (Å²) in [4.78, 5) is 0. The van der Waals surface area contributed by atoms with Crippen LogP contribution in [0.1, 0.15) is 65.2 Å². The summed E-state index contributed by atoms with van der Waals surface area (Å²) in [6, 6.07) is 0. The zero-order valence-electron chi connectivity index (χ0n) is 10.9. The van der Waals surface area contributed by atoms with Crippen molar-refractivity contribution in [3.8, 4) is 0 Å². The van der Waals surface area contributed by atoms with Crippen molar-refractivity contribution in [1.29, 1.82) is 0 Å². The van der Waals surface area contributed by atoms with Gasteiger partial charge < -0.3 is 10.2 Å². The van der Waals surface area contributed by atoms with Gasteiger partial charge in [0.25, 0.3) is 0 Å². The average molecular weight is 228 g/mol. The lowest BCUT2D eigenvalue weighted by Gasteiger charge is -2.23. The Morgan fingerprint density at radius 3 is 1.12 bits per heavy atom. The van der Waals surface area contributed by atoms with Gasteiger partial charge in [-0.2, -0.15) is 0 Å². The molecule has 0 spiro atoms. The second-order valence-electron chi connectivity index (χ2n) is 5.66. The quantitative estimate of drug-likeness (QED) is 0.669. The van der Waals surface area contributed by atoms with Crippen molar-refractivity contribution < 1.29 is 10.2 Å². The first-order valence-corrected chi connectivity index (χ1v) is 6.97. The standard InChI is InChI=1S/2C7H14O/c2*1-6-4-2-3-5-7(6)8/h2*6-8H,2-5H2,1H3/t2*6-,7-/m10/s1. The highest BCUT2D eigenvalue weighted by Gasteiger charge is 2.18. The molecular formula is C14H28O2. The third-order valence-electron chi connectivity index (χ3n) is 4.13. The lowest BCUT2D eigenvalue weighted by Crippen LogP contribution is -2.21. The van der Waals surface area contributed by atoms with Gasteiger partial charge in [0.1, 0.15) is 0 Å². The highest BCUT2D eigenvalue weighted by Crippen LogP contribution is 2.23. The van der Waals surface area contributed by atoms with Crippen LogP contribution in [0.5, 0.6) is 0 Å². The van der Waals surface area contributed by atoms with E-state index in [1.807, 2.05) is 0 Å². The second-order valence-corrected chi connectivity index (χ2v) is 5.66. The van der Waals surface area contributed by atoms with Gasteiger partial charge in [-0.25, -0.2) is 0 Å². The maximum Gasteiger partial charge on any atom is 0.0565 e. The van der Waals surface area contributed by atoms with E-state index >= 15 is 0 Å². The van der Waals surface area contributed by atoms with Crippen LogP contribution in [0.15, 0.2) is 0 Å². The summed E-state index contributed by atoms with van der Waals surface area (Å²) < 4.78 is 0. The number of aliphatic hydroxyl groups excluding tert-OH is 2. The first-order valence-electron chi connectivity index (χ1n) is 6.97. The molecule has 16 heavy (non-hydrogen) atoms. The fraction of sp³-hybridized carbons (Fsp3) is 1.00. The van der Waals surface area contributed by atoms with E-state index in [-0.39, 0.29) is 12.2 Å². The van der Waals surface area contributed by atoms with Crippen molar-refractivity contribution in [3.63, 3.8) is 0 Å². The number of hydrogen-bond donors (Lipinski definition) is 2. The van der Waals surface area contributed by atoms with E-state index in [9.17, 15) is 10.2 Å². The predicted molar refractivity (Wildman–Crippen MR) is 67.3 cm³/mol. The molecule has 0 amide bonds. The van der Waals surface area contributed by atoms with E-state index in [0.29, 0.717) is 11.8 Å². The van der Waals surface area contributed by atoms with Gasteiger partial charge in [0.15, 0.2) is 0 Å². The van der Waals surface area contributed by atoms with Gasteiger partial charge in [-0.15, -0.1) is 0 Å². The summed E-state index contributed by atoms with van der Waals surface area (Å²) in [5.74, 6) is 1.12. The minimum atomic E-state index is 0.00347. The molecule has 2 saturated carbocycles. The Morgan fingerprint density at radius 2 is 0.938 bits per heavy atom. The molecule has 4 atom stereocenters. The van der Waals surface area contributed by atoms with E-state index in [0.717, 1.165) is 12.8 Å². The second kappa shape index (κ2) is 7.29. The van der Waals surface area contributed by atoms with Crippen LogP contribution in [0.3, 0.4) is 0 Å². The van der Waals surface area contributed by atoms with Crippen molar-refractivity contribution in [2.24, 2.45) is 11.8 Å². The summed E-state index contributed by atoms with van der Waals surface area (Å²) in [5, 5.41) is 18.4. The van der Waals surface area contributed by atoms with Gasteiger partial charge >= 0.3 is 0 Å². The topological polar surface area (TPSA) is 40.5 Å². The fourth-order valence-electron chi connectivity index (χ4n) is 2.59. The molecule has 0 saturated heterocycles. The highest BCUT2D eigenvalue weighted by atomic mass is 16.3. The zero-order chi connectivity index (χ0) is 12.0. The number of rotatable bonds is 0. The van der Waals surface area contributed by atoms with E-state index in [4.69, 9.17) is 0 Å². The van der Waals surface area contributed by atoms with Gasteiger partial charge in [-0.05, 0) is 37.5 Å². The minimum absolute atomic E-state index is 0.00347. The molecule has 2 nitrogen and oxygen atoms in total. The Labute approximate surface area is 100 Å². The maximum absolute atomic E-state index is 9.18. The third kappa shape index (κ3) is 4.84. The van der Waals surface area contributed by atoms with Crippen molar-refractivity contribution in [2.45, 2.75) is 77.4 Å². The van der Waals surface area contributed by atoms with Crippen molar-refractivity contribution in [1.82, 2.24) is 0 Å². The monoisotopic (exact) mass is 228 g/mol. The van der Waals surface area contributed by atoms with E-state index in [1.165, 1.54) is 38.5 Å². The minimum Gasteiger partial charge on any atom is -0.393 e. The predicted octanol–water partition coefficient (Wildman–Crippen LogP) is 3.11. The molecule has 0 aliphatic heterocycles. The normalized spacial score (nSPS) is 39.8. The van der Waals surface area contributed by atoms with Crippen LogP contribution in [0, 0.1) is 11.8 Å². The number of aliphatic hydroxyl groups is 2. The number of hydrogen-bond acceptors (Lipinski definition) is 2. The summed E-state index contributed by atoms with van der Waals surface area (Å²) in [6.07, 6.45) is 9.60. The lowest BCUT2D eigenvalue weighted by molar-refractivity contribution is 0.0791. The Balaban J connectivity index is 0.000000160.